The van der Waals surface area contributed by atoms with E-state index in [0.29, 0.717) is 24.9 Å². The number of carbonyl (C=O) groups excluding carboxylic acids is 1. The summed E-state index contributed by atoms with van der Waals surface area (Å²) in [6.07, 6.45) is 11.4. The molecule has 1 saturated heterocycles. The molecule has 4 saturated carbocycles. The molecule has 36 heavy (non-hydrogen) atoms. The van der Waals surface area contributed by atoms with Crippen molar-refractivity contribution < 1.29 is 18.8 Å². The summed E-state index contributed by atoms with van der Waals surface area (Å²) in [6.45, 7) is 4.92. The van der Waals surface area contributed by atoms with E-state index in [-0.39, 0.29) is 16.7 Å². The van der Waals surface area contributed by atoms with Crippen molar-refractivity contribution in [2.45, 2.75) is 88.9 Å². The number of aromatic nitrogens is 2. The Morgan fingerprint density at radius 3 is 2.53 bits per heavy atom. The summed E-state index contributed by atoms with van der Waals surface area (Å²) >= 11 is 0. The van der Waals surface area contributed by atoms with Crippen LogP contribution in [-0.2, 0) is 14.9 Å². The van der Waals surface area contributed by atoms with Crippen molar-refractivity contribution in [2.24, 2.45) is 11.3 Å². The van der Waals surface area contributed by atoms with Gasteiger partial charge in [-0.1, -0.05) is 11.2 Å². The summed E-state index contributed by atoms with van der Waals surface area (Å²) in [7, 11) is 0. The quantitative estimate of drug-likeness (QED) is 0.440. The van der Waals surface area contributed by atoms with Crippen LogP contribution in [-0.4, -0.2) is 42.4 Å². The number of fused-ring (bicyclic) bond motifs is 3. The molecule has 7 heteroatoms. The van der Waals surface area contributed by atoms with Gasteiger partial charge in [0.15, 0.2) is 5.82 Å². The molecule has 1 aromatic heterocycles. The van der Waals surface area contributed by atoms with E-state index in [1.54, 1.807) is 0 Å². The SMILES string of the molecule is CCOc1cccc(N(CC23CCC(c4nc(C5CC5)no4)(CC2)CC3)C(=O)CC2CCOCC2)c1. The number of nitrogens with zero attached hydrogens (tertiary/aromatic N) is 3. The van der Waals surface area contributed by atoms with Crippen molar-refractivity contribution in [2.75, 3.05) is 31.3 Å². The number of carbonyl (C=O) groups is 1. The maximum atomic E-state index is 13.8. The third-order valence-electron chi connectivity index (χ3n) is 9.28. The zero-order chi connectivity index (χ0) is 24.6. The molecule has 0 atom stereocenters. The van der Waals surface area contributed by atoms with Crippen molar-refractivity contribution >= 4 is 11.6 Å². The van der Waals surface area contributed by atoms with Crippen LogP contribution in [0.2, 0.25) is 0 Å². The topological polar surface area (TPSA) is 77.7 Å². The Bertz CT molecular complexity index is 1050. The minimum absolute atomic E-state index is 0.0354. The van der Waals surface area contributed by atoms with Crippen molar-refractivity contribution in [3.63, 3.8) is 0 Å². The highest BCUT2D eigenvalue weighted by molar-refractivity contribution is 5.93. The Morgan fingerprint density at radius 2 is 1.83 bits per heavy atom. The number of anilines is 1. The molecule has 5 aliphatic rings. The normalized spacial score (nSPS) is 28.2. The lowest BCUT2D eigenvalue weighted by atomic mass is 9.53. The van der Waals surface area contributed by atoms with Gasteiger partial charge in [-0.15, -0.1) is 0 Å². The van der Waals surface area contributed by atoms with Gasteiger partial charge in [-0.25, -0.2) is 0 Å². The number of ether oxygens (including phenoxy) is 2. The van der Waals surface area contributed by atoms with E-state index in [1.165, 1.54) is 12.8 Å². The molecule has 2 bridgehead atoms. The van der Waals surface area contributed by atoms with E-state index in [1.807, 2.05) is 25.1 Å². The van der Waals surface area contributed by atoms with Gasteiger partial charge in [0.05, 0.1) is 6.61 Å². The first-order valence-corrected chi connectivity index (χ1v) is 14.0. The van der Waals surface area contributed by atoms with E-state index in [0.717, 1.165) is 94.3 Å². The van der Waals surface area contributed by atoms with Gasteiger partial charge in [0.25, 0.3) is 0 Å². The van der Waals surface area contributed by atoms with Crippen LogP contribution in [0.15, 0.2) is 28.8 Å². The largest absolute Gasteiger partial charge is 0.494 e. The average Bonchev–Trinajstić information content (AvgIpc) is 3.65. The van der Waals surface area contributed by atoms with E-state index >= 15 is 0 Å². The van der Waals surface area contributed by atoms with Crippen molar-refractivity contribution in [1.82, 2.24) is 10.1 Å². The maximum absolute atomic E-state index is 13.8. The molecule has 4 aliphatic carbocycles. The Labute approximate surface area is 213 Å². The summed E-state index contributed by atoms with van der Waals surface area (Å²) in [5.41, 5.74) is 1.14. The summed E-state index contributed by atoms with van der Waals surface area (Å²) in [5.74, 6) is 3.78. The first kappa shape index (κ1) is 24.0. The first-order chi connectivity index (χ1) is 17.6. The molecule has 0 N–H and O–H groups in total. The number of hydrogen-bond donors (Lipinski definition) is 0. The summed E-state index contributed by atoms with van der Waals surface area (Å²) in [4.78, 5) is 20.7. The fraction of sp³-hybridized carbons (Fsp3) is 0.690. The predicted octanol–water partition coefficient (Wildman–Crippen LogP) is 5.79. The molecule has 194 valence electrons. The predicted molar refractivity (Wildman–Crippen MR) is 136 cm³/mol. The van der Waals surface area contributed by atoms with Gasteiger partial charge >= 0.3 is 0 Å². The molecule has 1 amide bonds. The first-order valence-electron chi connectivity index (χ1n) is 14.0. The third-order valence-corrected chi connectivity index (χ3v) is 9.28. The second-order valence-electron chi connectivity index (χ2n) is 11.7. The van der Waals surface area contributed by atoms with Crippen LogP contribution in [0.5, 0.6) is 5.75 Å². The number of amides is 1. The zero-order valence-electron chi connectivity index (χ0n) is 21.5. The lowest BCUT2D eigenvalue weighted by Gasteiger charge is -2.53. The Kier molecular flexibility index (Phi) is 6.53. The smallest absolute Gasteiger partial charge is 0.232 e. The van der Waals surface area contributed by atoms with Crippen molar-refractivity contribution in [3.8, 4) is 5.75 Å². The van der Waals surface area contributed by atoms with Gasteiger partial charge < -0.3 is 18.9 Å². The molecule has 2 heterocycles. The molecule has 5 fully saturated rings. The number of benzene rings is 1. The third kappa shape index (κ3) is 4.79. The number of hydrogen-bond acceptors (Lipinski definition) is 6. The highest BCUT2D eigenvalue weighted by atomic mass is 16.5. The average molecular weight is 494 g/mol. The summed E-state index contributed by atoms with van der Waals surface area (Å²) < 4.78 is 17.1. The molecule has 7 nitrogen and oxygen atoms in total. The van der Waals surface area contributed by atoms with Crippen LogP contribution >= 0.6 is 0 Å². The lowest BCUT2D eigenvalue weighted by Crippen LogP contribution is -2.51. The van der Waals surface area contributed by atoms with Gasteiger partial charge in [-0.2, -0.15) is 4.98 Å². The van der Waals surface area contributed by atoms with Crippen LogP contribution in [0, 0.1) is 11.3 Å². The second-order valence-corrected chi connectivity index (χ2v) is 11.7. The molecule has 0 radical (unpaired) electrons. The molecule has 0 unspecified atom stereocenters. The second kappa shape index (κ2) is 9.81. The Balaban J connectivity index is 1.20. The Hall–Kier alpha value is -2.41. The zero-order valence-corrected chi connectivity index (χ0v) is 21.5. The molecule has 1 aromatic carbocycles. The van der Waals surface area contributed by atoms with Crippen LogP contribution in [0.4, 0.5) is 5.69 Å². The molecular formula is C29H39N3O4. The molecule has 1 aliphatic heterocycles. The van der Waals surface area contributed by atoms with Crippen LogP contribution in [0.1, 0.15) is 95.2 Å². The monoisotopic (exact) mass is 493 g/mol. The fourth-order valence-corrected chi connectivity index (χ4v) is 6.65. The highest BCUT2D eigenvalue weighted by Gasteiger charge is 2.53. The molecule has 0 spiro atoms. The van der Waals surface area contributed by atoms with Gasteiger partial charge in [-0.3, -0.25) is 4.79 Å². The minimum atomic E-state index is 0.0354. The van der Waals surface area contributed by atoms with E-state index in [9.17, 15) is 4.79 Å². The van der Waals surface area contributed by atoms with Crippen LogP contribution in [0.3, 0.4) is 0 Å². The van der Waals surface area contributed by atoms with Gasteiger partial charge in [-0.05, 0) is 94.6 Å². The van der Waals surface area contributed by atoms with Crippen molar-refractivity contribution in [3.05, 3.63) is 36.0 Å². The fourth-order valence-electron chi connectivity index (χ4n) is 6.65. The van der Waals surface area contributed by atoms with Crippen LogP contribution < -0.4 is 9.64 Å². The van der Waals surface area contributed by atoms with E-state index < -0.39 is 0 Å². The Morgan fingerprint density at radius 1 is 1.08 bits per heavy atom. The van der Waals surface area contributed by atoms with Crippen LogP contribution in [0.25, 0.3) is 0 Å². The van der Waals surface area contributed by atoms with E-state index in [4.69, 9.17) is 19.0 Å². The number of rotatable bonds is 9. The van der Waals surface area contributed by atoms with Gasteiger partial charge in [0.2, 0.25) is 11.8 Å². The maximum Gasteiger partial charge on any atom is 0.232 e. The van der Waals surface area contributed by atoms with E-state index in [2.05, 4.69) is 16.1 Å². The summed E-state index contributed by atoms with van der Waals surface area (Å²) in [6, 6.07) is 8.08. The van der Waals surface area contributed by atoms with Gasteiger partial charge in [0, 0.05) is 49.3 Å². The highest BCUT2D eigenvalue weighted by Crippen LogP contribution is 2.58. The minimum Gasteiger partial charge on any atom is -0.494 e. The lowest BCUT2D eigenvalue weighted by molar-refractivity contribution is -0.121. The van der Waals surface area contributed by atoms with Crippen molar-refractivity contribution in [1.29, 1.82) is 0 Å². The molecule has 7 rings (SSSR count). The standard InChI is InChI=1S/C29H39N3O4/c1-2-35-24-5-3-4-23(19-24)32(25(33)18-21-8-16-34-17-9-21)20-28-10-13-29(14-11-28,15-12-28)27-30-26(31-36-27)22-6-7-22/h3-5,19,21-22H,2,6-18,20H2,1H3. The molecule has 2 aromatic rings. The molecular weight excluding hydrogens is 454 g/mol. The van der Waals surface area contributed by atoms with Gasteiger partial charge in [0.1, 0.15) is 5.75 Å². The summed E-state index contributed by atoms with van der Waals surface area (Å²) in [5, 5.41) is 4.31.